The number of nitrogens with zero attached hydrogens (tertiary/aromatic N) is 3. The third-order valence-electron chi connectivity index (χ3n) is 9.39. The van der Waals surface area contributed by atoms with Gasteiger partial charge in [-0.1, -0.05) is 109 Å². The maximum absolute atomic E-state index is 6.55. The molecule has 1 aliphatic rings. The molecule has 0 saturated carbocycles. The second-order valence-corrected chi connectivity index (χ2v) is 11.7. The van der Waals surface area contributed by atoms with Crippen LogP contribution in [0.5, 0.6) is 0 Å². The molecule has 6 aromatic carbocycles. The third-order valence-corrected chi connectivity index (χ3v) is 9.39. The summed E-state index contributed by atoms with van der Waals surface area (Å²) in [5, 5.41) is 4.72. The first kappa shape index (κ1) is 24.4. The van der Waals surface area contributed by atoms with Gasteiger partial charge in [-0.25, -0.2) is 0 Å². The number of furan rings is 1. The zero-order chi connectivity index (χ0) is 29.5. The monoisotopic (exact) mass is 575 g/mol. The van der Waals surface area contributed by atoms with Gasteiger partial charge in [0.2, 0.25) is 0 Å². The summed E-state index contributed by atoms with van der Waals surface area (Å²) in [4.78, 5) is 9.87. The lowest BCUT2D eigenvalue weighted by molar-refractivity contribution is 0.666. The first-order valence-electron chi connectivity index (χ1n) is 15.3. The molecule has 1 unspecified atom stereocenters. The lowest BCUT2D eigenvalue weighted by atomic mass is 9.90. The van der Waals surface area contributed by atoms with E-state index in [2.05, 4.69) is 120 Å². The van der Waals surface area contributed by atoms with Gasteiger partial charge in [0.15, 0.2) is 5.58 Å². The van der Waals surface area contributed by atoms with Crippen LogP contribution >= 0.6 is 0 Å². The Hall–Kier alpha value is -6.00. The van der Waals surface area contributed by atoms with Crippen LogP contribution in [-0.4, -0.2) is 14.5 Å². The minimum Gasteiger partial charge on any atom is -0.454 e. The number of rotatable bonds is 3. The summed E-state index contributed by atoms with van der Waals surface area (Å²) in [5.74, 6) is -0.0366. The highest BCUT2D eigenvalue weighted by Gasteiger charge is 2.35. The molecule has 45 heavy (non-hydrogen) atoms. The normalized spacial score (nSPS) is 14.0. The molecule has 0 radical (unpaired) electrons. The summed E-state index contributed by atoms with van der Waals surface area (Å²) in [7, 11) is 0. The van der Waals surface area contributed by atoms with Gasteiger partial charge in [0.05, 0.1) is 34.0 Å². The SMILES string of the molecule is c1ccc(-c2nccnc2C2c3ccccc3-c3c2ccc2c3c3ccccc3n2-c2cccc3c2oc2ccccc23)cc1. The minimum atomic E-state index is -0.0366. The van der Waals surface area contributed by atoms with Crippen molar-refractivity contribution in [2.75, 3.05) is 0 Å². The largest absolute Gasteiger partial charge is 0.454 e. The number of para-hydroxylation sites is 3. The second kappa shape index (κ2) is 9.25. The summed E-state index contributed by atoms with van der Waals surface area (Å²) in [6, 6.07) is 47.3. The van der Waals surface area contributed by atoms with E-state index in [9.17, 15) is 0 Å². The molecule has 9 aromatic rings. The molecule has 3 heterocycles. The smallest absolute Gasteiger partial charge is 0.159 e. The van der Waals surface area contributed by atoms with Gasteiger partial charge < -0.3 is 8.98 Å². The van der Waals surface area contributed by atoms with Crippen molar-refractivity contribution in [2.45, 2.75) is 5.92 Å². The molecule has 1 atom stereocenters. The Labute approximate surface area is 258 Å². The number of hydrogen-bond donors (Lipinski definition) is 0. The Morgan fingerprint density at radius 3 is 2.24 bits per heavy atom. The molecule has 0 fully saturated rings. The van der Waals surface area contributed by atoms with Crippen LogP contribution < -0.4 is 0 Å². The Balaban J connectivity index is 1.30. The zero-order valence-corrected chi connectivity index (χ0v) is 24.2. The molecule has 1 aliphatic carbocycles. The van der Waals surface area contributed by atoms with Gasteiger partial charge in [-0.05, 0) is 46.5 Å². The minimum absolute atomic E-state index is 0.0366. The van der Waals surface area contributed by atoms with Crippen molar-refractivity contribution < 1.29 is 4.42 Å². The van der Waals surface area contributed by atoms with Crippen LogP contribution in [0.15, 0.2) is 150 Å². The molecule has 0 spiro atoms. The number of benzene rings is 6. The number of fused-ring (bicyclic) bond motifs is 10. The highest BCUT2D eigenvalue weighted by Crippen LogP contribution is 2.53. The maximum atomic E-state index is 6.55. The van der Waals surface area contributed by atoms with Gasteiger partial charge >= 0.3 is 0 Å². The van der Waals surface area contributed by atoms with E-state index in [0.29, 0.717) is 0 Å². The van der Waals surface area contributed by atoms with Crippen LogP contribution in [0, 0.1) is 0 Å². The molecule has 0 saturated heterocycles. The zero-order valence-electron chi connectivity index (χ0n) is 24.2. The quantitative estimate of drug-likeness (QED) is 0.211. The van der Waals surface area contributed by atoms with Crippen molar-refractivity contribution in [3.8, 4) is 28.1 Å². The Bertz CT molecular complexity index is 2610. The molecule has 0 N–H and O–H groups in total. The lowest BCUT2D eigenvalue weighted by Gasteiger charge is -2.17. The van der Waals surface area contributed by atoms with Crippen LogP contribution in [-0.2, 0) is 0 Å². The highest BCUT2D eigenvalue weighted by atomic mass is 16.3. The van der Waals surface area contributed by atoms with E-state index in [0.717, 1.165) is 55.6 Å². The van der Waals surface area contributed by atoms with Crippen LogP contribution in [0.2, 0.25) is 0 Å². The van der Waals surface area contributed by atoms with E-state index in [4.69, 9.17) is 14.4 Å². The fourth-order valence-corrected chi connectivity index (χ4v) is 7.59. The average Bonchev–Trinajstić information content (AvgIpc) is 3.76. The Morgan fingerprint density at radius 1 is 0.556 bits per heavy atom. The fraction of sp³-hybridized carbons (Fsp3) is 0.0244. The summed E-state index contributed by atoms with van der Waals surface area (Å²) in [6.45, 7) is 0. The predicted octanol–water partition coefficient (Wildman–Crippen LogP) is 10.3. The molecule has 10 rings (SSSR count). The summed E-state index contributed by atoms with van der Waals surface area (Å²) >= 11 is 0. The Morgan fingerprint density at radius 2 is 1.31 bits per heavy atom. The summed E-state index contributed by atoms with van der Waals surface area (Å²) in [6.07, 6.45) is 3.61. The predicted molar refractivity (Wildman–Crippen MR) is 182 cm³/mol. The topological polar surface area (TPSA) is 43.9 Å². The lowest BCUT2D eigenvalue weighted by Crippen LogP contribution is -2.06. The molecule has 210 valence electrons. The van der Waals surface area contributed by atoms with Gasteiger partial charge in [0, 0.05) is 39.5 Å². The van der Waals surface area contributed by atoms with E-state index in [1.165, 1.54) is 33.0 Å². The maximum Gasteiger partial charge on any atom is 0.159 e. The van der Waals surface area contributed by atoms with Gasteiger partial charge in [0.1, 0.15) is 5.58 Å². The highest BCUT2D eigenvalue weighted by molar-refractivity contribution is 6.19. The van der Waals surface area contributed by atoms with Crippen LogP contribution in [0.3, 0.4) is 0 Å². The molecular formula is C41H25N3O. The summed E-state index contributed by atoms with van der Waals surface area (Å²) < 4.78 is 8.93. The fourth-order valence-electron chi connectivity index (χ4n) is 7.59. The Kier molecular flexibility index (Phi) is 5.02. The molecule has 0 amide bonds. The van der Waals surface area contributed by atoms with E-state index in [1.54, 1.807) is 6.20 Å². The molecule has 3 aromatic heterocycles. The van der Waals surface area contributed by atoms with Crippen molar-refractivity contribution in [3.05, 3.63) is 163 Å². The van der Waals surface area contributed by atoms with E-state index in [-0.39, 0.29) is 5.92 Å². The van der Waals surface area contributed by atoms with Crippen molar-refractivity contribution in [2.24, 2.45) is 0 Å². The average molecular weight is 576 g/mol. The second-order valence-electron chi connectivity index (χ2n) is 11.7. The van der Waals surface area contributed by atoms with Crippen molar-refractivity contribution in [1.82, 2.24) is 14.5 Å². The number of aromatic nitrogens is 3. The summed E-state index contributed by atoms with van der Waals surface area (Å²) in [5.41, 5.74) is 13.1. The molecule has 0 bridgehead atoms. The van der Waals surface area contributed by atoms with Crippen molar-refractivity contribution in [3.63, 3.8) is 0 Å². The van der Waals surface area contributed by atoms with E-state index < -0.39 is 0 Å². The molecule has 4 nitrogen and oxygen atoms in total. The van der Waals surface area contributed by atoms with Crippen LogP contribution in [0.4, 0.5) is 0 Å². The van der Waals surface area contributed by atoms with Crippen molar-refractivity contribution in [1.29, 1.82) is 0 Å². The molecular weight excluding hydrogens is 550 g/mol. The standard InChI is InChI=1S/C41H25N3O/c1-2-11-25(12-3-1)39-40(43-24-23-42-39)37-28-15-5-4-14-27(28)36-31(37)21-22-33-38(36)30-16-6-8-18-32(30)44(33)34-19-10-17-29-26-13-7-9-20-35(26)45-41(29)34/h1-24,37H. The van der Waals surface area contributed by atoms with Gasteiger partial charge in [0.25, 0.3) is 0 Å². The first-order valence-corrected chi connectivity index (χ1v) is 15.3. The number of hydrogen-bond acceptors (Lipinski definition) is 3. The first-order chi connectivity index (χ1) is 22.4. The van der Waals surface area contributed by atoms with Crippen molar-refractivity contribution >= 4 is 43.7 Å². The van der Waals surface area contributed by atoms with E-state index in [1.807, 2.05) is 24.4 Å². The molecule has 4 heteroatoms. The van der Waals surface area contributed by atoms with E-state index >= 15 is 0 Å². The van der Waals surface area contributed by atoms with Gasteiger partial charge in [-0.2, -0.15) is 0 Å². The van der Waals surface area contributed by atoms with Crippen LogP contribution in [0.1, 0.15) is 22.7 Å². The van der Waals surface area contributed by atoms with Gasteiger partial charge in [-0.3, -0.25) is 9.97 Å². The van der Waals surface area contributed by atoms with Gasteiger partial charge in [-0.15, -0.1) is 0 Å². The third kappa shape index (κ3) is 3.36. The van der Waals surface area contributed by atoms with Crippen LogP contribution in [0.25, 0.3) is 71.8 Å². The molecule has 0 aliphatic heterocycles.